The van der Waals surface area contributed by atoms with Gasteiger partial charge in [-0.25, -0.2) is 4.79 Å². The van der Waals surface area contributed by atoms with Crippen molar-refractivity contribution in [2.75, 3.05) is 0 Å². The first-order valence-corrected chi connectivity index (χ1v) is 6.90. The Bertz CT molecular complexity index is 618. The Balaban J connectivity index is 2.02. The van der Waals surface area contributed by atoms with Crippen molar-refractivity contribution in [2.45, 2.75) is 32.7 Å². The third kappa shape index (κ3) is 3.03. The smallest absolute Gasteiger partial charge is 0.330 e. The quantitative estimate of drug-likeness (QED) is 0.476. The lowest BCUT2D eigenvalue weighted by atomic mass is 10.00. The minimum Gasteiger partial charge on any atom is -0.330 e. The fourth-order valence-electron chi connectivity index (χ4n) is 2.23. The Hall–Kier alpha value is -2.84. The number of hydrogen-bond acceptors (Lipinski definition) is 7. The van der Waals surface area contributed by atoms with E-state index in [1.54, 1.807) is 0 Å². The summed E-state index contributed by atoms with van der Waals surface area (Å²) < 4.78 is 0. The zero-order chi connectivity index (χ0) is 17.3. The molecule has 122 valence electrons. The van der Waals surface area contributed by atoms with Crippen molar-refractivity contribution < 1.29 is 33.6 Å². The average molecular weight is 322 g/mol. The van der Waals surface area contributed by atoms with E-state index in [2.05, 4.69) is 4.84 Å². The number of rotatable bonds is 5. The van der Waals surface area contributed by atoms with E-state index < -0.39 is 47.3 Å². The van der Waals surface area contributed by atoms with Crippen LogP contribution in [0.2, 0.25) is 0 Å². The molecule has 0 saturated carbocycles. The molecule has 1 fully saturated rings. The lowest BCUT2D eigenvalue weighted by molar-refractivity contribution is -0.200. The molecule has 23 heavy (non-hydrogen) atoms. The van der Waals surface area contributed by atoms with Gasteiger partial charge in [0.15, 0.2) is 5.78 Å². The molecule has 9 nitrogen and oxygen atoms in total. The van der Waals surface area contributed by atoms with Crippen LogP contribution in [0, 0.1) is 5.92 Å². The second-order valence-corrected chi connectivity index (χ2v) is 5.17. The molecule has 2 aliphatic heterocycles. The highest BCUT2D eigenvalue weighted by molar-refractivity contribution is 6.16. The minimum absolute atomic E-state index is 0.0622. The van der Waals surface area contributed by atoms with Gasteiger partial charge in [-0.15, -0.1) is 5.06 Å². The van der Waals surface area contributed by atoms with Crippen molar-refractivity contribution in [3.8, 4) is 0 Å². The summed E-state index contributed by atoms with van der Waals surface area (Å²) in [7, 11) is 0. The Morgan fingerprint density at radius 2 is 1.48 bits per heavy atom. The molecular weight excluding hydrogens is 308 g/mol. The molecule has 2 rings (SSSR count). The fourth-order valence-corrected chi connectivity index (χ4v) is 2.23. The van der Waals surface area contributed by atoms with Gasteiger partial charge in [-0.05, 0) is 13.8 Å². The maximum Gasteiger partial charge on any atom is 0.343 e. The van der Waals surface area contributed by atoms with Gasteiger partial charge in [0.1, 0.15) is 5.92 Å². The number of carbonyl (C=O) groups is 6. The molecule has 2 atom stereocenters. The number of amides is 4. The first-order valence-electron chi connectivity index (χ1n) is 6.90. The van der Waals surface area contributed by atoms with Gasteiger partial charge in [0.2, 0.25) is 0 Å². The van der Waals surface area contributed by atoms with Gasteiger partial charge in [-0.3, -0.25) is 28.9 Å². The van der Waals surface area contributed by atoms with Crippen molar-refractivity contribution in [1.82, 2.24) is 9.96 Å². The van der Waals surface area contributed by atoms with Gasteiger partial charge < -0.3 is 4.84 Å². The van der Waals surface area contributed by atoms with E-state index >= 15 is 0 Å². The van der Waals surface area contributed by atoms with Gasteiger partial charge in [-0.2, -0.15) is 0 Å². The normalized spacial score (nSPS) is 20.3. The predicted octanol–water partition coefficient (Wildman–Crippen LogP) is -0.888. The third-order valence-electron chi connectivity index (χ3n) is 3.61. The summed E-state index contributed by atoms with van der Waals surface area (Å²) in [5, 5.41) is 0.338. The molecule has 1 saturated heterocycles. The summed E-state index contributed by atoms with van der Waals surface area (Å²) in [6.45, 7) is 2.52. The summed E-state index contributed by atoms with van der Waals surface area (Å²) in [5.74, 6) is -5.82. The van der Waals surface area contributed by atoms with Crippen LogP contribution in [0.15, 0.2) is 12.2 Å². The Morgan fingerprint density at radius 3 is 1.96 bits per heavy atom. The number of ketones is 1. The van der Waals surface area contributed by atoms with E-state index in [1.807, 2.05) is 0 Å². The molecule has 0 aromatic heterocycles. The van der Waals surface area contributed by atoms with Crippen LogP contribution in [0.1, 0.15) is 26.7 Å². The highest BCUT2D eigenvalue weighted by Gasteiger charge is 2.39. The maximum atomic E-state index is 12.2. The zero-order valence-corrected chi connectivity index (χ0v) is 12.5. The van der Waals surface area contributed by atoms with Crippen LogP contribution in [0.3, 0.4) is 0 Å². The van der Waals surface area contributed by atoms with Crippen molar-refractivity contribution >= 4 is 35.4 Å². The highest BCUT2D eigenvalue weighted by atomic mass is 16.7. The van der Waals surface area contributed by atoms with Gasteiger partial charge in [0, 0.05) is 25.0 Å². The SMILES string of the molecule is CC(C(=O)ON1C(=O)CCC1=O)C(=O)C(C)N1C(=O)C=CC1=O. The van der Waals surface area contributed by atoms with E-state index in [9.17, 15) is 28.8 Å². The molecule has 2 unspecified atom stereocenters. The standard InChI is InChI=1S/C14H14N2O7/c1-7(14(22)23-16-11(19)5-6-12(16)20)13(21)8(2)15-9(17)3-4-10(15)18/h3-4,7-8H,5-6H2,1-2H3. The van der Waals surface area contributed by atoms with E-state index in [0.29, 0.717) is 5.06 Å². The topological polar surface area (TPSA) is 118 Å². The van der Waals surface area contributed by atoms with Crippen molar-refractivity contribution in [1.29, 1.82) is 0 Å². The van der Waals surface area contributed by atoms with Crippen molar-refractivity contribution in [3.63, 3.8) is 0 Å². The molecule has 2 aliphatic rings. The molecular formula is C14H14N2O7. The fraction of sp³-hybridized carbons (Fsp3) is 0.429. The molecule has 0 aromatic carbocycles. The van der Waals surface area contributed by atoms with Crippen LogP contribution < -0.4 is 0 Å². The van der Waals surface area contributed by atoms with Gasteiger partial charge in [0.05, 0.1) is 6.04 Å². The van der Waals surface area contributed by atoms with Crippen LogP contribution in [-0.2, 0) is 33.6 Å². The zero-order valence-electron chi connectivity index (χ0n) is 12.5. The van der Waals surface area contributed by atoms with Gasteiger partial charge >= 0.3 is 5.97 Å². The second-order valence-electron chi connectivity index (χ2n) is 5.17. The summed E-state index contributed by atoms with van der Waals surface area (Å²) in [6.07, 6.45) is 1.92. The van der Waals surface area contributed by atoms with Crippen LogP contribution in [0.25, 0.3) is 0 Å². The number of hydroxylamine groups is 2. The van der Waals surface area contributed by atoms with E-state index in [1.165, 1.54) is 13.8 Å². The van der Waals surface area contributed by atoms with E-state index in [0.717, 1.165) is 17.1 Å². The van der Waals surface area contributed by atoms with Crippen LogP contribution in [0.5, 0.6) is 0 Å². The Kier molecular flexibility index (Phi) is 4.39. The summed E-state index contributed by atoms with van der Waals surface area (Å²) in [5.41, 5.74) is 0. The summed E-state index contributed by atoms with van der Waals surface area (Å²) >= 11 is 0. The third-order valence-corrected chi connectivity index (χ3v) is 3.61. The molecule has 4 amide bonds. The number of imide groups is 2. The lowest BCUT2D eigenvalue weighted by Crippen LogP contribution is -2.47. The van der Waals surface area contributed by atoms with Crippen LogP contribution in [0.4, 0.5) is 0 Å². The van der Waals surface area contributed by atoms with Crippen molar-refractivity contribution in [2.24, 2.45) is 5.92 Å². The maximum absolute atomic E-state index is 12.2. The Morgan fingerprint density at radius 1 is 1.00 bits per heavy atom. The van der Waals surface area contributed by atoms with Crippen LogP contribution >= 0.6 is 0 Å². The Labute approximate surface area is 130 Å². The average Bonchev–Trinajstić information content (AvgIpc) is 3.01. The van der Waals surface area contributed by atoms with Crippen LogP contribution in [-0.4, -0.2) is 51.4 Å². The lowest BCUT2D eigenvalue weighted by Gasteiger charge is -2.23. The first-order chi connectivity index (χ1) is 10.7. The molecule has 2 heterocycles. The predicted molar refractivity (Wildman–Crippen MR) is 71.8 cm³/mol. The molecule has 0 aliphatic carbocycles. The van der Waals surface area contributed by atoms with E-state index in [4.69, 9.17) is 0 Å². The number of carbonyl (C=O) groups excluding carboxylic acids is 6. The highest BCUT2D eigenvalue weighted by Crippen LogP contribution is 2.17. The summed E-state index contributed by atoms with van der Waals surface area (Å²) in [6, 6.07) is -1.17. The number of hydrogen-bond donors (Lipinski definition) is 0. The molecule has 0 radical (unpaired) electrons. The molecule has 9 heteroatoms. The van der Waals surface area contributed by atoms with E-state index in [-0.39, 0.29) is 12.8 Å². The van der Waals surface area contributed by atoms with Gasteiger partial charge in [-0.1, -0.05) is 0 Å². The first kappa shape index (κ1) is 16.5. The largest absolute Gasteiger partial charge is 0.343 e. The molecule has 0 aromatic rings. The summed E-state index contributed by atoms with van der Waals surface area (Å²) in [4.78, 5) is 75.4. The monoisotopic (exact) mass is 322 g/mol. The van der Waals surface area contributed by atoms with Gasteiger partial charge in [0.25, 0.3) is 23.6 Å². The number of nitrogens with zero attached hydrogens (tertiary/aromatic N) is 2. The van der Waals surface area contributed by atoms with Crippen molar-refractivity contribution in [3.05, 3.63) is 12.2 Å². The molecule has 0 N–H and O–H groups in total. The minimum atomic E-state index is -1.35. The molecule has 0 bridgehead atoms. The number of Topliss-reactive ketones (excluding diaryl/α,β-unsaturated/α-hetero) is 1. The second kappa shape index (κ2) is 6.11. The molecule has 0 spiro atoms.